The van der Waals surface area contributed by atoms with Gasteiger partial charge in [0.15, 0.2) is 0 Å². The standard InChI is InChI=1S/C26H22N4O2S2/c31-34(32,30(25-15-7-8-16-27-25)19-22-12-5-2-6-13-22)24-20-29(18-21-10-3-1-4-11-21)28-26(24)23-14-9-17-33-23/h1-17,20H,18-19H2. The Morgan fingerprint density at radius 3 is 2.18 bits per heavy atom. The summed E-state index contributed by atoms with van der Waals surface area (Å²) < 4.78 is 31.4. The van der Waals surface area contributed by atoms with Crippen molar-refractivity contribution in [2.24, 2.45) is 0 Å². The molecule has 5 rings (SSSR count). The number of aromatic nitrogens is 3. The van der Waals surface area contributed by atoms with E-state index in [2.05, 4.69) is 4.98 Å². The highest BCUT2D eigenvalue weighted by molar-refractivity contribution is 7.93. The van der Waals surface area contributed by atoms with Crippen molar-refractivity contribution in [2.75, 3.05) is 4.31 Å². The van der Waals surface area contributed by atoms with Crippen molar-refractivity contribution < 1.29 is 8.42 Å². The molecule has 0 fully saturated rings. The molecule has 0 radical (unpaired) electrons. The predicted octanol–water partition coefficient (Wildman–Crippen LogP) is 5.45. The molecule has 170 valence electrons. The lowest BCUT2D eigenvalue weighted by atomic mass is 10.2. The molecule has 0 N–H and O–H groups in total. The molecule has 0 unspecified atom stereocenters. The highest BCUT2D eigenvalue weighted by Crippen LogP contribution is 2.33. The number of hydrogen-bond donors (Lipinski definition) is 0. The van der Waals surface area contributed by atoms with Crippen LogP contribution in [0.5, 0.6) is 0 Å². The van der Waals surface area contributed by atoms with Gasteiger partial charge in [-0.1, -0.05) is 72.8 Å². The normalized spacial score (nSPS) is 11.4. The lowest BCUT2D eigenvalue weighted by Crippen LogP contribution is -2.31. The number of sulfonamides is 1. The van der Waals surface area contributed by atoms with E-state index >= 15 is 0 Å². The molecule has 0 bridgehead atoms. The molecule has 3 heterocycles. The Labute approximate surface area is 202 Å². The number of pyridine rings is 1. The molecule has 0 spiro atoms. The summed E-state index contributed by atoms with van der Waals surface area (Å²) in [6.07, 6.45) is 3.22. The van der Waals surface area contributed by atoms with Gasteiger partial charge in [0.05, 0.1) is 18.0 Å². The molecular weight excluding hydrogens is 464 g/mol. The van der Waals surface area contributed by atoms with Crippen molar-refractivity contribution in [1.82, 2.24) is 14.8 Å². The van der Waals surface area contributed by atoms with E-state index in [4.69, 9.17) is 5.10 Å². The topological polar surface area (TPSA) is 68.1 Å². The molecule has 3 aromatic heterocycles. The maximum Gasteiger partial charge on any atom is 0.269 e. The van der Waals surface area contributed by atoms with E-state index in [9.17, 15) is 8.42 Å². The molecule has 0 aliphatic rings. The number of hydrogen-bond acceptors (Lipinski definition) is 5. The van der Waals surface area contributed by atoms with Crippen LogP contribution in [0, 0.1) is 0 Å². The molecule has 0 amide bonds. The summed E-state index contributed by atoms with van der Waals surface area (Å²) in [5.41, 5.74) is 2.35. The smallest absolute Gasteiger partial charge is 0.266 e. The van der Waals surface area contributed by atoms with Crippen molar-refractivity contribution in [3.63, 3.8) is 0 Å². The third kappa shape index (κ3) is 4.64. The Morgan fingerprint density at radius 1 is 0.824 bits per heavy atom. The summed E-state index contributed by atoms with van der Waals surface area (Å²) in [7, 11) is -3.99. The first-order valence-electron chi connectivity index (χ1n) is 10.7. The monoisotopic (exact) mass is 486 g/mol. The second-order valence-electron chi connectivity index (χ2n) is 7.69. The number of anilines is 1. The lowest BCUT2D eigenvalue weighted by Gasteiger charge is -2.23. The van der Waals surface area contributed by atoms with Crippen molar-refractivity contribution >= 4 is 27.2 Å². The first kappa shape index (κ1) is 22.1. The molecule has 34 heavy (non-hydrogen) atoms. The van der Waals surface area contributed by atoms with Crippen LogP contribution in [-0.4, -0.2) is 23.2 Å². The fraction of sp³-hybridized carbons (Fsp3) is 0.0769. The molecule has 0 aliphatic carbocycles. The predicted molar refractivity (Wildman–Crippen MR) is 135 cm³/mol. The van der Waals surface area contributed by atoms with Crippen LogP contribution in [0.1, 0.15) is 11.1 Å². The van der Waals surface area contributed by atoms with Crippen molar-refractivity contribution in [2.45, 2.75) is 18.0 Å². The quantitative estimate of drug-likeness (QED) is 0.292. The zero-order valence-electron chi connectivity index (χ0n) is 18.2. The Kier molecular flexibility index (Phi) is 6.24. The van der Waals surface area contributed by atoms with E-state index in [1.807, 2.05) is 78.2 Å². The first-order chi connectivity index (χ1) is 16.6. The number of benzene rings is 2. The van der Waals surface area contributed by atoms with E-state index in [1.54, 1.807) is 35.3 Å². The summed E-state index contributed by atoms with van der Waals surface area (Å²) in [6.45, 7) is 0.630. The van der Waals surface area contributed by atoms with E-state index in [1.165, 1.54) is 15.6 Å². The third-order valence-electron chi connectivity index (χ3n) is 5.31. The molecule has 2 aromatic carbocycles. The molecule has 0 aliphatic heterocycles. The average Bonchev–Trinajstić information content (AvgIpc) is 3.55. The van der Waals surface area contributed by atoms with Gasteiger partial charge in [-0.05, 0) is 34.7 Å². The van der Waals surface area contributed by atoms with Crippen LogP contribution < -0.4 is 4.31 Å². The average molecular weight is 487 g/mol. The van der Waals surface area contributed by atoms with Crippen molar-refractivity contribution in [3.05, 3.63) is 120 Å². The maximum atomic E-state index is 14.2. The fourth-order valence-corrected chi connectivity index (χ4v) is 6.03. The number of thiophene rings is 1. The van der Waals surface area contributed by atoms with Gasteiger partial charge in [0.2, 0.25) is 0 Å². The fourth-order valence-electron chi connectivity index (χ4n) is 3.69. The van der Waals surface area contributed by atoms with Crippen LogP contribution in [0.3, 0.4) is 0 Å². The van der Waals surface area contributed by atoms with Crippen LogP contribution in [0.2, 0.25) is 0 Å². The van der Waals surface area contributed by atoms with Crippen LogP contribution in [-0.2, 0) is 23.1 Å². The second-order valence-corrected chi connectivity index (χ2v) is 10.5. The van der Waals surface area contributed by atoms with Gasteiger partial charge in [-0.2, -0.15) is 5.10 Å². The molecule has 0 atom stereocenters. The summed E-state index contributed by atoms with van der Waals surface area (Å²) in [5, 5.41) is 6.62. The van der Waals surface area contributed by atoms with E-state index in [0.717, 1.165) is 16.0 Å². The zero-order valence-corrected chi connectivity index (χ0v) is 19.9. The van der Waals surface area contributed by atoms with Gasteiger partial charge in [0, 0.05) is 12.4 Å². The molecular formula is C26H22N4O2S2. The van der Waals surface area contributed by atoms with Gasteiger partial charge in [-0.3, -0.25) is 4.68 Å². The van der Waals surface area contributed by atoms with Crippen LogP contribution in [0.25, 0.3) is 10.6 Å². The summed E-state index contributed by atoms with van der Waals surface area (Å²) in [4.78, 5) is 5.31. The van der Waals surface area contributed by atoms with E-state index in [-0.39, 0.29) is 11.4 Å². The SMILES string of the molecule is O=S(=O)(c1cn(Cc2ccccc2)nc1-c1cccs1)N(Cc1ccccc1)c1ccccn1. The van der Waals surface area contributed by atoms with E-state index < -0.39 is 10.0 Å². The van der Waals surface area contributed by atoms with Crippen LogP contribution >= 0.6 is 11.3 Å². The molecule has 8 heteroatoms. The van der Waals surface area contributed by atoms with Crippen molar-refractivity contribution in [3.8, 4) is 10.6 Å². The molecule has 6 nitrogen and oxygen atoms in total. The number of rotatable bonds is 8. The lowest BCUT2D eigenvalue weighted by molar-refractivity contribution is 0.589. The third-order valence-corrected chi connectivity index (χ3v) is 7.94. The largest absolute Gasteiger partial charge is 0.269 e. The van der Waals surface area contributed by atoms with Crippen molar-refractivity contribution in [1.29, 1.82) is 0 Å². The Bertz CT molecular complexity index is 1450. The molecule has 0 saturated carbocycles. The number of nitrogens with zero attached hydrogens (tertiary/aromatic N) is 4. The summed E-state index contributed by atoms with van der Waals surface area (Å²) >= 11 is 1.46. The van der Waals surface area contributed by atoms with Crippen LogP contribution in [0.4, 0.5) is 5.82 Å². The van der Waals surface area contributed by atoms with Crippen LogP contribution in [0.15, 0.2) is 114 Å². The highest BCUT2D eigenvalue weighted by atomic mass is 32.2. The summed E-state index contributed by atoms with van der Waals surface area (Å²) in [5.74, 6) is 0.360. The van der Waals surface area contributed by atoms with Gasteiger partial charge in [-0.15, -0.1) is 11.3 Å². The maximum absolute atomic E-state index is 14.2. The van der Waals surface area contributed by atoms with Gasteiger partial charge in [0.1, 0.15) is 16.4 Å². The minimum Gasteiger partial charge on any atom is -0.266 e. The Morgan fingerprint density at radius 2 is 1.53 bits per heavy atom. The molecule has 5 aromatic rings. The Hall–Kier alpha value is -3.75. The van der Waals surface area contributed by atoms with Gasteiger partial charge >= 0.3 is 0 Å². The van der Waals surface area contributed by atoms with Gasteiger partial charge < -0.3 is 0 Å². The minimum absolute atomic E-state index is 0.160. The van der Waals surface area contributed by atoms with Gasteiger partial charge in [-0.25, -0.2) is 17.7 Å². The highest BCUT2D eigenvalue weighted by Gasteiger charge is 2.32. The molecule has 0 saturated heterocycles. The Balaban J connectivity index is 1.61. The van der Waals surface area contributed by atoms with E-state index in [0.29, 0.717) is 18.1 Å². The van der Waals surface area contributed by atoms with Gasteiger partial charge in [0.25, 0.3) is 10.0 Å². The first-order valence-corrected chi connectivity index (χ1v) is 13.1. The zero-order chi connectivity index (χ0) is 23.4. The second kappa shape index (κ2) is 9.62. The minimum atomic E-state index is -3.99. The summed E-state index contributed by atoms with van der Waals surface area (Å²) in [6, 6.07) is 28.4.